The number of pyridine rings is 1. The largest absolute Gasteiger partial charge is 0.462 e. The van der Waals surface area contributed by atoms with Crippen molar-refractivity contribution in [2.45, 2.75) is 13.8 Å². The SMILES string of the molecule is CCOC(=O)c1cc2cccn2c(C(=O)c2ccccc2)c1C. The Bertz CT molecular complexity index is 878. The molecule has 0 saturated heterocycles. The Kier molecular flexibility index (Phi) is 3.98. The zero-order valence-corrected chi connectivity index (χ0v) is 13.1. The summed E-state index contributed by atoms with van der Waals surface area (Å²) < 4.78 is 6.93. The molecule has 0 atom stereocenters. The number of carbonyl (C=O) groups is 2. The van der Waals surface area contributed by atoms with E-state index in [1.807, 2.05) is 40.9 Å². The summed E-state index contributed by atoms with van der Waals surface area (Å²) in [5, 5.41) is 0. The zero-order chi connectivity index (χ0) is 16.4. The number of carbonyl (C=O) groups excluding carboxylic acids is 2. The summed E-state index contributed by atoms with van der Waals surface area (Å²) in [6.07, 6.45) is 1.83. The molecule has 0 amide bonds. The first kappa shape index (κ1) is 15.0. The Hall–Kier alpha value is -2.88. The standard InChI is InChI=1S/C19H17NO3/c1-3-23-19(22)16-12-15-10-7-11-20(15)17(13(16)2)18(21)14-8-5-4-6-9-14/h4-12H,3H2,1-2H3. The van der Waals surface area contributed by atoms with E-state index in [0.29, 0.717) is 29.0 Å². The summed E-state index contributed by atoms with van der Waals surface area (Å²) in [5.41, 5.74) is 2.92. The lowest BCUT2D eigenvalue weighted by Crippen LogP contribution is -2.15. The van der Waals surface area contributed by atoms with Gasteiger partial charge in [0, 0.05) is 17.3 Å². The maximum Gasteiger partial charge on any atom is 0.338 e. The van der Waals surface area contributed by atoms with Crippen molar-refractivity contribution in [1.82, 2.24) is 4.40 Å². The molecule has 1 aromatic carbocycles. The van der Waals surface area contributed by atoms with E-state index < -0.39 is 5.97 Å². The molecule has 2 aromatic heterocycles. The number of ether oxygens (including phenoxy) is 1. The van der Waals surface area contributed by atoms with Crippen molar-refractivity contribution in [3.63, 3.8) is 0 Å². The Morgan fingerprint density at radius 3 is 2.52 bits per heavy atom. The Morgan fingerprint density at radius 1 is 1.09 bits per heavy atom. The van der Waals surface area contributed by atoms with E-state index in [9.17, 15) is 9.59 Å². The van der Waals surface area contributed by atoms with Gasteiger partial charge in [0.2, 0.25) is 5.78 Å². The third-order valence-electron chi connectivity index (χ3n) is 3.82. The van der Waals surface area contributed by atoms with Gasteiger partial charge in [-0.3, -0.25) is 4.79 Å². The minimum atomic E-state index is -0.407. The fourth-order valence-electron chi connectivity index (χ4n) is 2.71. The van der Waals surface area contributed by atoms with Crippen molar-refractivity contribution >= 4 is 17.3 Å². The smallest absolute Gasteiger partial charge is 0.338 e. The van der Waals surface area contributed by atoms with Gasteiger partial charge < -0.3 is 9.14 Å². The minimum absolute atomic E-state index is 0.115. The second kappa shape index (κ2) is 6.08. The van der Waals surface area contributed by atoms with Crippen LogP contribution in [0, 0.1) is 6.92 Å². The van der Waals surface area contributed by atoms with Crippen LogP contribution >= 0.6 is 0 Å². The molecule has 0 fully saturated rings. The van der Waals surface area contributed by atoms with Crippen LogP contribution < -0.4 is 0 Å². The van der Waals surface area contributed by atoms with Gasteiger partial charge >= 0.3 is 5.97 Å². The van der Waals surface area contributed by atoms with E-state index in [-0.39, 0.29) is 5.78 Å². The lowest BCUT2D eigenvalue weighted by atomic mass is 10.00. The number of esters is 1. The number of aromatic nitrogens is 1. The predicted octanol–water partition coefficient (Wildman–Crippen LogP) is 3.66. The minimum Gasteiger partial charge on any atom is -0.462 e. The van der Waals surface area contributed by atoms with Crippen LogP contribution in [0.4, 0.5) is 0 Å². The molecule has 116 valence electrons. The van der Waals surface area contributed by atoms with E-state index in [4.69, 9.17) is 4.74 Å². The average Bonchev–Trinajstić information content (AvgIpc) is 3.02. The highest BCUT2D eigenvalue weighted by molar-refractivity contribution is 6.10. The van der Waals surface area contributed by atoms with E-state index in [0.717, 1.165) is 5.52 Å². The molecule has 0 aliphatic heterocycles. The first-order valence-electron chi connectivity index (χ1n) is 7.51. The molecule has 4 nitrogen and oxygen atoms in total. The van der Waals surface area contributed by atoms with Gasteiger partial charge in [0.05, 0.1) is 17.9 Å². The van der Waals surface area contributed by atoms with Crippen LogP contribution in [-0.4, -0.2) is 22.8 Å². The van der Waals surface area contributed by atoms with Crippen molar-refractivity contribution in [2.75, 3.05) is 6.61 Å². The van der Waals surface area contributed by atoms with Crippen molar-refractivity contribution in [2.24, 2.45) is 0 Å². The highest BCUT2D eigenvalue weighted by atomic mass is 16.5. The number of rotatable bonds is 4. The quantitative estimate of drug-likeness (QED) is 0.546. The van der Waals surface area contributed by atoms with E-state index in [1.54, 1.807) is 32.0 Å². The van der Waals surface area contributed by atoms with Gasteiger partial charge in [-0.25, -0.2) is 4.79 Å². The van der Waals surface area contributed by atoms with Gasteiger partial charge in [-0.15, -0.1) is 0 Å². The van der Waals surface area contributed by atoms with Gasteiger partial charge in [0.25, 0.3) is 0 Å². The summed E-state index contributed by atoms with van der Waals surface area (Å²) in [4.78, 5) is 25.1. The van der Waals surface area contributed by atoms with Crippen molar-refractivity contribution < 1.29 is 14.3 Å². The van der Waals surface area contributed by atoms with Crippen LogP contribution in [0.5, 0.6) is 0 Å². The lowest BCUT2D eigenvalue weighted by Gasteiger charge is -2.13. The Balaban J connectivity index is 2.22. The normalized spacial score (nSPS) is 10.7. The van der Waals surface area contributed by atoms with Crippen molar-refractivity contribution in [3.8, 4) is 0 Å². The highest BCUT2D eigenvalue weighted by Gasteiger charge is 2.21. The van der Waals surface area contributed by atoms with Crippen LogP contribution in [-0.2, 0) is 4.74 Å². The van der Waals surface area contributed by atoms with Crippen molar-refractivity contribution in [1.29, 1.82) is 0 Å². The van der Waals surface area contributed by atoms with E-state index >= 15 is 0 Å². The maximum atomic E-state index is 12.9. The molecule has 0 spiro atoms. The second-order valence-corrected chi connectivity index (χ2v) is 5.25. The molecule has 0 saturated carbocycles. The van der Waals surface area contributed by atoms with Crippen LogP contribution in [0.2, 0.25) is 0 Å². The maximum absolute atomic E-state index is 12.9. The molecule has 0 radical (unpaired) electrons. The predicted molar refractivity (Wildman–Crippen MR) is 88.0 cm³/mol. The van der Waals surface area contributed by atoms with Gasteiger partial charge in [0.15, 0.2) is 0 Å². The zero-order valence-electron chi connectivity index (χ0n) is 13.1. The summed E-state index contributed by atoms with van der Waals surface area (Å²) >= 11 is 0. The van der Waals surface area contributed by atoms with Gasteiger partial charge in [-0.2, -0.15) is 0 Å². The van der Waals surface area contributed by atoms with E-state index in [2.05, 4.69) is 0 Å². The molecule has 0 aliphatic rings. The molecule has 0 N–H and O–H groups in total. The number of fused-ring (bicyclic) bond motifs is 1. The molecule has 4 heteroatoms. The summed E-state index contributed by atoms with van der Waals surface area (Å²) in [6.45, 7) is 3.84. The Labute approximate surface area is 134 Å². The topological polar surface area (TPSA) is 47.8 Å². The molecular weight excluding hydrogens is 290 g/mol. The number of nitrogens with zero attached hydrogens (tertiary/aromatic N) is 1. The molecule has 23 heavy (non-hydrogen) atoms. The summed E-state index contributed by atoms with van der Waals surface area (Å²) in [5.74, 6) is -0.522. The second-order valence-electron chi connectivity index (χ2n) is 5.25. The van der Waals surface area contributed by atoms with Gasteiger partial charge in [-0.05, 0) is 37.6 Å². The van der Waals surface area contributed by atoms with Crippen LogP contribution in [0.25, 0.3) is 5.52 Å². The lowest BCUT2D eigenvalue weighted by molar-refractivity contribution is 0.0525. The average molecular weight is 307 g/mol. The molecule has 3 rings (SSSR count). The van der Waals surface area contributed by atoms with Crippen LogP contribution in [0.15, 0.2) is 54.7 Å². The summed E-state index contributed by atoms with van der Waals surface area (Å²) in [7, 11) is 0. The molecular formula is C19H17NO3. The van der Waals surface area contributed by atoms with Crippen LogP contribution in [0.3, 0.4) is 0 Å². The number of ketones is 1. The first-order chi connectivity index (χ1) is 11.1. The molecule has 3 aromatic rings. The molecule has 2 heterocycles. The third kappa shape index (κ3) is 2.63. The van der Waals surface area contributed by atoms with Crippen molar-refractivity contribution in [3.05, 3.63) is 77.1 Å². The van der Waals surface area contributed by atoms with Gasteiger partial charge in [0.1, 0.15) is 0 Å². The fourth-order valence-corrected chi connectivity index (χ4v) is 2.71. The van der Waals surface area contributed by atoms with Crippen LogP contribution in [0.1, 0.15) is 38.9 Å². The monoisotopic (exact) mass is 307 g/mol. The van der Waals surface area contributed by atoms with Gasteiger partial charge in [-0.1, -0.05) is 30.3 Å². The van der Waals surface area contributed by atoms with E-state index in [1.165, 1.54) is 0 Å². The fraction of sp³-hybridized carbons (Fsp3) is 0.158. The molecule has 0 bridgehead atoms. The number of hydrogen-bond acceptors (Lipinski definition) is 3. The Morgan fingerprint density at radius 2 is 1.83 bits per heavy atom. The molecule has 0 aliphatic carbocycles. The molecule has 0 unspecified atom stereocenters. The summed E-state index contributed by atoms with van der Waals surface area (Å²) in [6, 6.07) is 14.5. The first-order valence-corrected chi connectivity index (χ1v) is 7.51. The number of hydrogen-bond donors (Lipinski definition) is 0. The third-order valence-corrected chi connectivity index (χ3v) is 3.82. The number of benzene rings is 1. The highest BCUT2D eigenvalue weighted by Crippen LogP contribution is 2.22.